The van der Waals surface area contributed by atoms with E-state index in [0.717, 1.165) is 32.1 Å². The fraction of sp³-hybridized carbons (Fsp3) is 0.571. The van der Waals surface area contributed by atoms with E-state index in [4.69, 9.17) is 10.5 Å². The Hall–Kier alpha value is -0.810. The topological polar surface area (TPSA) is 55.5 Å². The molecule has 0 bridgehead atoms. The van der Waals surface area contributed by atoms with Gasteiger partial charge >= 0.3 is 0 Å². The second-order valence-electron chi connectivity index (χ2n) is 5.14. The summed E-state index contributed by atoms with van der Waals surface area (Å²) in [6.45, 7) is 0.383. The maximum absolute atomic E-state index is 14.5. The molecule has 5 heteroatoms. The summed E-state index contributed by atoms with van der Waals surface area (Å²) in [7, 11) is 1.40. The van der Waals surface area contributed by atoms with Crippen molar-refractivity contribution in [2.24, 2.45) is 5.73 Å². The van der Waals surface area contributed by atoms with E-state index in [9.17, 15) is 9.50 Å². The number of ether oxygens (including phenoxy) is 1. The average molecular weight is 332 g/mol. The van der Waals surface area contributed by atoms with Crippen molar-refractivity contribution in [3.8, 4) is 11.5 Å². The Morgan fingerprint density at radius 2 is 2.05 bits per heavy atom. The molecule has 0 heterocycles. The van der Waals surface area contributed by atoms with Gasteiger partial charge < -0.3 is 15.6 Å². The SMILES string of the molecule is COc1cc(Br)c(C2(CN)CCCCC2)c(F)c1O. The first kappa shape index (κ1) is 14.6. The Morgan fingerprint density at radius 3 is 2.58 bits per heavy atom. The molecule has 0 amide bonds. The zero-order valence-corrected chi connectivity index (χ0v) is 12.6. The minimum atomic E-state index is -0.612. The predicted molar refractivity (Wildman–Crippen MR) is 76.1 cm³/mol. The van der Waals surface area contributed by atoms with Gasteiger partial charge in [-0.3, -0.25) is 0 Å². The highest BCUT2D eigenvalue weighted by Gasteiger charge is 2.38. The number of halogens is 2. The van der Waals surface area contributed by atoms with Crippen LogP contribution in [-0.2, 0) is 5.41 Å². The fourth-order valence-electron chi connectivity index (χ4n) is 3.01. The standard InChI is InChI=1S/C14H19BrFNO2/c1-19-10-7-9(15)11(12(16)13(10)18)14(8-17)5-3-2-4-6-14/h7,18H,2-6,8,17H2,1H3. The summed E-state index contributed by atoms with van der Waals surface area (Å²) < 4.78 is 20.1. The first-order valence-corrected chi connectivity index (χ1v) is 7.30. The Morgan fingerprint density at radius 1 is 1.42 bits per heavy atom. The van der Waals surface area contributed by atoms with Gasteiger partial charge in [0.2, 0.25) is 0 Å². The Kier molecular flexibility index (Phi) is 4.36. The highest BCUT2D eigenvalue weighted by molar-refractivity contribution is 9.10. The van der Waals surface area contributed by atoms with Gasteiger partial charge in [-0.15, -0.1) is 0 Å². The number of hydrogen-bond acceptors (Lipinski definition) is 3. The smallest absolute Gasteiger partial charge is 0.194 e. The number of methoxy groups -OCH3 is 1. The van der Waals surface area contributed by atoms with Crippen molar-refractivity contribution in [1.29, 1.82) is 0 Å². The van der Waals surface area contributed by atoms with E-state index < -0.39 is 11.6 Å². The van der Waals surface area contributed by atoms with Crippen LogP contribution >= 0.6 is 15.9 Å². The molecule has 3 nitrogen and oxygen atoms in total. The maximum atomic E-state index is 14.5. The number of aromatic hydroxyl groups is 1. The number of benzene rings is 1. The highest BCUT2D eigenvalue weighted by Crippen LogP contribution is 2.47. The summed E-state index contributed by atoms with van der Waals surface area (Å²) in [5.74, 6) is -0.909. The zero-order chi connectivity index (χ0) is 14.0. The third-order valence-electron chi connectivity index (χ3n) is 4.11. The van der Waals surface area contributed by atoms with Crippen LogP contribution in [0.25, 0.3) is 0 Å². The van der Waals surface area contributed by atoms with Crippen LogP contribution in [0.2, 0.25) is 0 Å². The second-order valence-corrected chi connectivity index (χ2v) is 6.00. The molecule has 1 aromatic carbocycles. The molecule has 19 heavy (non-hydrogen) atoms. The van der Waals surface area contributed by atoms with Crippen LogP contribution in [0, 0.1) is 5.82 Å². The van der Waals surface area contributed by atoms with Crippen LogP contribution in [0.4, 0.5) is 4.39 Å². The van der Waals surface area contributed by atoms with Gasteiger partial charge in [0.25, 0.3) is 0 Å². The van der Waals surface area contributed by atoms with Crippen molar-refractivity contribution in [2.75, 3.05) is 13.7 Å². The third-order valence-corrected chi connectivity index (χ3v) is 4.73. The zero-order valence-electron chi connectivity index (χ0n) is 11.0. The first-order valence-electron chi connectivity index (χ1n) is 6.51. The maximum Gasteiger partial charge on any atom is 0.194 e. The molecule has 3 N–H and O–H groups in total. The van der Waals surface area contributed by atoms with Crippen LogP contribution in [0.1, 0.15) is 37.7 Å². The van der Waals surface area contributed by atoms with E-state index in [1.165, 1.54) is 7.11 Å². The van der Waals surface area contributed by atoms with Crippen LogP contribution in [0.15, 0.2) is 10.5 Å². The lowest BCUT2D eigenvalue weighted by Crippen LogP contribution is -2.38. The van der Waals surface area contributed by atoms with E-state index >= 15 is 0 Å². The molecule has 0 unspecified atom stereocenters. The number of phenolic OH excluding ortho intramolecular Hbond substituents is 1. The molecule has 1 saturated carbocycles. The monoisotopic (exact) mass is 331 g/mol. The highest BCUT2D eigenvalue weighted by atomic mass is 79.9. The van der Waals surface area contributed by atoms with Crippen molar-refractivity contribution in [3.63, 3.8) is 0 Å². The van der Waals surface area contributed by atoms with Crippen LogP contribution < -0.4 is 10.5 Å². The summed E-state index contributed by atoms with van der Waals surface area (Å²) in [6.07, 6.45) is 4.93. The van der Waals surface area contributed by atoms with Gasteiger partial charge in [0.15, 0.2) is 17.3 Å². The molecular formula is C14H19BrFNO2. The van der Waals surface area contributed by atoms with Crippen LogP contribution in [-0.4, -0.2) is 18.8 Å². The predicted octanol–water partition coefficient (Wildman–Crippen LogP) is 3.46. The molecule has 1 aliphatic rings. The van der Waals surface area contributed by atoms with Gasteiger partial charge in [0.05, 0.1) is 7.11 Å². The molecule has 1 aliphatic carbocycles. The van der Waals surface area contributed by atoms with E-state index in [1.807, 2.05) is 0 Å². The van der Waals surface area contributed by atoms with E-state index in [-0.39, 0.29) is 11.2 Å². The Labute approximate surface area is 121 Å². The molecule has 2 rings (SSSR count). The van der Waals surface area contributed by atoms with Crippen molar-refractivity contribution in [2.45, 2.75) is 37.5 Å². The molecule has 0 atom stereocenters. The van der Waals surface area contributed by atoms with Gasteiger partial charge in [-0.2, -0.15) is 0 Å². The average Bonchev–Trinajstić information content (AvgIpc) is 2.44. The Balaban J connectivity index is 2.57. The van der Waals surface area contributed by atoms with Gasteiger partial charge in [0.1, 0.15) is 0 Å². The molecule has 0 spiro atoms. The number of phenols is 1. The largest absolute Gasteiger partial charge is 0.502 e. The number of rotatable bonds is 3. The van der Waals surface area contributed by atoms with Crippen molar-refractivity contribution in [1.82, 2.24) is 0 Å². The molecule has 0 aromatic heterocycles. The van der Waals surface area contributed by atoms with Crippen LogP contribution in [0.5, 0.6) is 11.5 Å². The fourth-order valence-corrected chi connectivity index (χ4v) is 3.82. The summed E-state index contributed by atoms with van der Waals surface area (Å²) in [4.78, 5) is 0. The van der Waals surface area contributed by atoms with E-state index in [0.29, 0.717) is 16.6 Å². The summed E-state index contributed by atoms with van der Waals surface area (Å²) in [6, 6.07) is 1.61. The Bertz CT molecular complexity index is 473. The lowest BCUT2D eigenvalue weighted by atomic mass is 9.69. The van der Waals surface area contributed by atoms with Gasteiger partial charge in [-0.1, -0.05) is 35.2 Å². The number of hydrogen-bond donors (Lipinski definition) is 2. The molecule has 1 fully saturated rings. The molecule has 0 radical (unpaired) electrons. The first-order chi connectivity index (χ1) is 9.05. The van der Waals surface area contributed by atoms with Crippen molar-refractivity contribution >= 4 is 15.9 Å². The third kappa shape index (κ3) is 2.46. The lowest BCUT2D eigenvalue weighted by molar-refractivity contribution is 0.283. The van der Waals surface area contributed by atoms with E-state index in [2.05, 4.69) is 15.9 Å². The quantitative estimate of drug-likeness (QED) is 0.891. The molecular weight excluding hydrogens is 313 g/mol. The molecule has 106 valence electrons. The minimum Gasteiger partial charge on any atom is -0.502 e. The molecule has 0 saturated heterocycles. The lowest BCUT2D eigenvalue weighted by Gasteiger charge is -2.37. The van der Waals surface area contributed by atoms with Gasteiger partial charge in [-0.25, -0.2) is 4.39 Å². The minimum absolute atomic E-state index is 0.135. The van der Waals surface area contributed by atoms with Gasteiger partial charge in [-0.05, 0) is 18.9 Å². The van der Waals surface area contributed by atoms with Gasteiger partial charge in [0, 0.05) is 22.0 Å². The molecule has 1 aromatic rings. The second kappa shape index (κ2) is 5.67. The van der Waals surface area contributed by atoms with Crippen molar-refractivity contribution < 1.29 is 14.2 Å². The van der Waals surface area contributed by atoms with E-state index in [1.54, 1.807) is 6.07 Å². The summed E-state index contributed by atoms with van der Waals surface area (Å²) in [5.41, 5.74) is 6.04. The van der Waals surface area contributed by atoms with Crippen molar-refractivity contribution in [3.05, 3.63) is 21.9 Å². The molecule has 0 aliphatic heterocycles. The normalized spacial score (nSPS) is 18.3. The number of nitrogens with two attached hydrogens (primary N) is 1. The van der Waals surface area contributed by atoms with Crippen LogP contribution in [0.3, 0.4) is 0 Å². The summed E-state index contributed by atoms with van der Waals surface area (Å²) >= 11 is 3.40. The summed E-state index contributed by atoms with van der Waals surface area (Å²) in [5, 5.41) is 9.88.